The zero-order chi connectivity index (χ0) is 20.2. The van der Waals surface area contributed by atoms with E-state index in [0.29, 0.717) is 12.1 Å². The minimum atomic E-state index is -0.259. The first kappa shape index (κ1) is 19.4. The summed E-state index contributed by atoms with van der Waals surface area (Å²) in [5, 5.41) is 0. The van der Waals surface area contributed by atoms with Gasteiger partial charge in [-0.05, 0) is 72.2 Å². The second kappa shape index (κ2) is 8.60. The lowest BCUT2D eigenvalue weighted by Gasteiger charge is -2.36. The van der Waals surface area contributed by atoms with Crippen molar-refractivity contribution in [3.8, 4) is 0 Å². The van der Waals surface area contributed by atoms with Crippen LogP contribution in [-0.4, -0.2) is 10.8 Å². The van der Waals surface area contributed by atoms with Gasteiger partial charge in [0.15, 0.2) is 0 Å². The number of nitrogens with zero attached hydrogens (tertiary/aromatic N) is 1. The molecule has 29 heavy (non-hydrogen) atoms. The van der Waals surface area contributed by atoms with E-state index < -0.39 is 0 Å². The van der Waals surface area contributed by atoms with Gasteiger partial charge in [0.05, 0.1) is 6.04 Å². The number of hydrogen-bond donors (Lipinski definition) is 0. The van der Waals surface area contributed by atoms with Crippen molar-refractivity contribution in [1.82, 2.24) is 4.90 Å². The molecule has 0 bridgehead atoms. The van der Waals surface area contributed by atoms with Crippen molar-refractivity contribution >= 4 is 5.91 Å². The number of aryl methyl sites for hydroxylation is 2. The average Bonchev–Trinajstić information content (AvgIpc) is 2.78. The van der Waals surface area contributed by atoms with Crippen LogP contribution >= 0.6 is 0 Å². The predicted octanol–water partition coefficient (Wildman–Crippen LogP) is 6.11. The van der Waals surface area contributed by atoms with Gasteiger partial charge in [0.2, 0.25) is 0 Å². The summed E-state index contributed by atoms with van der Waals surface area (Å²) in [6.07, 6.45) is 4.00. The lowest BCUT2D eigenvalue weighted by molar-refractivity contribution is 0.0638. The number of hydrogen-bond acceptors (Lipinski definition) is 1. The highest BCUT2D eigenvalue weighted by Gasteiger charge is 2.30. The second-order valence-corrected chi connectivity index (χ2v) is 7.72. The van der Waals surface area contributed by atoms with E-state index in [9.17, 15) is 9.18 Å². The topological polar surface area (TPSA) is 20.3 Å². The first-order chi connectivity index (χ1) is 14.2. The highest BCUT2D eigenvalue weighted by molar-refractivity contribution is 5.94. The molecule has 1 aliphatic carbocycles. The van der Waals surface area contributed by atoms with Crippen molar-refractivity contribution < 1.29 is 9.18 Å². The van der Waals surface area contributed by atoms with Crippen molar-refractivity contribution in [3.05, 3.63) is 106 Å². The third-order valence-corrected chi connectivity index (χ3v) is 5.85. The fourth-order valence-corrected chi connectivity index (χ4v) is 4.21. The molecule has 0 fully saturated rings. The number of rotatable bonds is 5. The van der Waals surface area contributed by atoms with Gasteiger partial charge < -0.3 is 4.90 Å². The van der Waals surface area contributed by atoms with Crippen LogP contribution in [-0.2, 0) is 19.4 Å². The molecule has 0 spiro atoms. The molecule has 0 saturated carbocycles. The Kier molecular flexibility index (Phi) is 5.75. The summed E-state index contributed by atoms with van der Waals surface area (Å²) in [5.41, 5.74) is 5.41. The van der Waals surface area contributed by atoms with Gasteiger partial charge >= 0.3 is 0 Å². The van der Waals surface area contributed by atoms with Crippen LogP contribution in [0.3, 0.4) is 0 Å². The summed E-state index contributed by atoms with van der Waals surface area (Å²) >= 11 is 0. The lowest BCUT2D eigenvalue weighted by atomic mass is 9.86. The van der Waals surface area contributed by atoms with E-state index >= 15 is 0 Å². The molecule has 0 aromatic heterocycles. The first-order valence-electron chi connectivity index (χ1n) is 10.4. The summed E-state index contributed by atoms with van der Waals surface area (Å²) in [7, 11) is 0. The minimum absolute atomic E-state index is 0.0266. The quantitative estimate of drug-likeness (QED) is 0.517. The number of halogens is 1. The normalized spacial score (nSPS) is 15.6. The molecule has 1 unspecified atom stereocenters. The largest absolute Gasteiger partial charge is 0.327 e. The summed E-state index contributed by atoms with van der Waals surface area (Å²) in [6.45, 7) is 2.57. The maximum Gasteiger partial charge on any atom is 0.254 e. The van der Waals surface area contributed by atoms with Crippen LogP contribution in [0.4, 0.5) is 4.39 Å². The molecule has 3 aromatic carbocycles. The molecule has 2 nitrogen and oxygen atoms in total. The molecule has 148 valence electrons. The Labute approximate surface area is 172 Å². The molecule has 0 heterocycles. The molecule has 3 aromatic rings. The molecule has 1 atom stereocenters. The molecule has 4 rings (SSSR count). The molecule has 0 saturated heterocycles. The Hall–Kier alpha value is -2.94. The molecule has 0 aliphatic heterocycles. The van der Waals surface area contributed by atoms with E-state index in [2.05, 4.69) is 25.1 Å². The molecular weight excluding hydrogens is 361 g/mol. The molecule has 1 aliphatic rings. The van der Waals surface area contributed by atoms with Gasteiger partial charge in [0, 0.05) is 12.1 Å². The fraction of sp³-hybridized carbons (Fsp3) is 0.269. The molecule has 0 radical (unpaired) electrons. The number of carbonyl (C=O) groups is 1. The van der Waals surface area contributed by atoms with Crippen molar-refractivity contribution in [1.29, 1.82) is 0 Å². The van der Waals surface area contributed by atoms with Crippen LogP contribution in [0.25, 0.3) is 0 Å². The van der Waals surface area contributed by atoms with Gasteiger partial charge in [-0.25, -0.2) is 4.39 Å². The van der Waals surface area contributed by atoms with Gasteiger partial charge in [-0.3, -0.25) is 4.79 Å². The van der Waals surface area contributed by atoms with Crippen molar-refractivity contribution in [2.75, 3.05) is 0 Å². The molecule has 0 N–H and O–H groups in total. The zero-order valence-corrected chi connectivity index (χ0v) is 16.8. The van der Waals surface area contributed by atoms with Crippen LogP contribution in [0.5, 0.6) is 0 Å². The Bertz CT molecular complexity index is 978. The fourth-order valence-electron chi connectivity index (χ4n) is 4.21. The standard InChI is InChI=1S/C26H26FNO/c1-2-19-10-14-22(15-11-19)26(29)28(18-20-12-16-23(27)17-13-20)25-9-5-7-21-6-3-4-8-24(21)25/h3-4,6,8,10-17,25H,2,5,7,9,18H2,1H3. The van der Waals surface area contributed by atoms with Gasteiger partial charge in [-0.1, -0.05) is 55.5 Å². The van der Waals surface area contributed by atoms with Crippen LogP contribution in [0.1, 0.15) is 58.4 Å². The Morgan fingerprint density at radius 2 is 1.66 bits per heavy atom. The zero-order valence-electron chi connectivity index (χ0n) is 16.8. The Morgan fingerprint density at radius 3 is 2.38 bits per heavy atom. The van der Waals surface area contributed by atoms with Crippen LogP contribution in [0.2, 0.25) is 0 Å². The highest BCUT2D eigenvalue weighted by atomic mass is 19.1. The van der Waals surface area contributed by atoms with Gasteiger partial charge in [-0.2, -0.15) is 0 Å². The number of benzene rings is 3. The maximum atomic E-state index is 13.6. The summed E-state index contributed by atoms with van der Waals surface area (Å²) in [5.74, 6) is -0.233. The van der Waals surface area contributed by atoms with Gasteiger partial charge in [0.25, 0.3) is 5.91 Å². The number of amides is 1. The smallest absolute Gasteiger partial charge is 0.254 e. The van der Waals surface area contributed by atoms with E-state index in [1.165, 1.54) is 28.8 Å². The molecule has 3 heteroatoms. The van der Waals surface area contributed by atoms with E-state index in [1.807, 2.05) is 35.2 Å². The van der Waals surface area contributed by atoms with Crippen molar-refractivity contribution in [3.63, 3.8) is 0 Å². The van der Waals surface area contributed by atoms with E-state index in [-0.39, 0.29) is 17.8 Å². The second-order valence-electron chi connectivity index (χ2n) is 7.72. The van der Waals surface area contributed by atoms with E-state index in [1.54, 1.807) is 12.1 Å². The summed E-state index contributed by atoms with van der Waals surface area (Å²) in [4.78, 5) is 15.5. The Morgan fingerprint density at radius 1 is 0.966 bits per heavy atom. The molecule has 1 amide bonds. The third-order valence-electron chi connectivity index (χ3n) is 5.85. The number of carbonyl (C=O) groups excluding carboxylic acids is 1. The number of fused-ring (bicyclic) bond motifs is 1. The SMILES string of the molecule is CCc1ccc(C(=O)N(Cc2ccc(F)cc2)C2CCCc3ccccc32)cc1. The summed E-state index contributed by atoms with van der Waals surface area (Å²) < 4.78 is 13.4. The van der Waals surface area contributed by atoms with E-state index in [0.717, 1.165) is 31.2 Å². The molecular formula is C26H26FNO. The summed E-state index contributed by atoms with van der Waals surface area (Å²) in [6, 6.07) is 22.8. The van der Waals surface area contributed by atoms with Crippen LogP contribution in [0, 0.1) is 5.82 Å². The minimum Gasteiger partial charge on any atom is -0.327 e. The third kappa shape index (κ3) is 4.24. The predicted molar refractivity (Wildman–Crippen MR) is 114 cm³/mol. The van der Waals surface area contributed by atoms with Crippen molar-refractivity contribution in [2.45, 2.75) is 45.2 Å². The first-order valence-corrected chi connectivity index (χ1v) is 10.4. The van der Waals surface area contributed by atoms with Gasteiger partial charge in [0.1, 0.15) is 5.82 Å². The monoisotopic (exact) mass is 387 g/mol. The maximum absolute atomic E-state index is 13.6. The van der Waals surface area contributed by atoms with Gasteiger partial charge in [-0.15, -0.1) is 0 Å². The van der Waals surface area contributed by atoms with Crippen LogP contribution in [0.15, 0.2) is 72.8 Å². The Balaban J connectivity index is 1.70. The van der Waals surface area contributed by atoms with Crippen LogP contribution < -0.4 is 0 Å². The lowest BCUT2D eigenvalue weighted by Crippen LogP contribution is -2.36. The average molecular weight is 387 g/mol. The van der Waals surface area contributed by atoms with Crippen molar-refractivity contribution in [2.24, 2.45) is 0 Å². The highest BCUT2D eigenvalue weighted by Crippen LogP contribution is 2.36. The van der Waals surface area contributed by atoms with E-state index in [4.69, 9.17) is 0 Å².